The summed E-state index contributed by atoms with van der Waals surface area (Å²) in [6, 6.07) is 3.66. The van der Waals surface area contributed by atoms with Crippen molar-refractivity contribution >= 4 is 39.5 Å². The molecule has 9 nitrogen and oxygen atoms in total. The van der Waals surface area contributed by atoms with Crippen molar-refractivity contribution in [3.63, 3.8) is 0 Å². The van der Waals surface area contributed by atoms with E-state index in [-0.39, 0.29) is 40.9 Å². The fourth-order valence-corrected chi connectivity index (χ4v) is 3.47. The summed E-state index contributed by atoms with van der Waals surface area (Å²) in [4.78, 5) is 26.6. The molecule has 0 bridgehead atoms. The first kappa shape index (κ1) is 23.1. The van der Waals surface area contributed by atoms with Gasteiger partial charge < -0.3 is 15.5 Å². The topological polar surface area (TPSA) is 127 Å². The standard InChI is InChI=1S/C16H24N4O5S.ClH/c1-11(12(2)17)16(21)19-8-6-18(7-9-19)14-5-4-13(26(3,24)25)10-15(14)20(22)23;/h4-5,10-12H,6-9,17H2,1-3H3;1H. The number of benzene rings is 1. The maximum atomic E-state index is 12.4. The second-order valence-electron chi connectivity index (χ2n) is 6.64. The van der Waals surface area contributed by atoms with Crippen LogP contribution in [0.5, 0.6) is 0 Å². The number of amides is 1. The molecule has 27 heavy (non-hydrogen) atoms. The van der Waals surface area contributed by atoms with Gasteiger partial charge in [-0.2, -0.15) is 0 Å². The van der Waals surface area contributed by atoms with Crippen LogP contribution in [-0.2, 0) is 14.6 Å². The number of nitro groups is 1. The van der Waals surface area contributed by atoms with Gasteiger partial charge in [-0.25, -0.2) is 8.42 Å². The monoisotopic (exact) mass is 420 g/mol. The Balaban J connectivity index is 0.00000364. The lowest BCUT2D eigenvalue weighted by Gasteiger charge is -2.37. The van der Waals surface area contributed by atoms with Crippen LogP contribution >= 0.6 is 12.4 Å². The van der Waals surface area contributed by atoms with Gasteiger partial charge in [-0.05, 0) is 19.1 Å². The van der Waals surface area contributed by atoms with Crippen molar-refractivity contribution in [2.24, 2.45) is 11.7 Å². The first-order valence-corrected chi connectivity index (χ1v) is 10.2. The summed E-state index contributed by atoms with van der Waals surface area (Å²) in [7, 11) is -3.53. The lowest BCUT2D eigenvalue weighted by Crippen LogP contribution is -2.52. The molecule has 1 aliphatic heterocycles. The zero-order valence-electron chi connectivity index (χ0n) is 15.5. The van der Waals surface area contributed by atoms with Crippen LogP contribution < -0.4 is 10.6 Å². The van der Waals surface area contributed by atoms with Gasteiger partial charge in [0.2, 0.25) is 5.91 Å². The number of carbonyl (C=O) groups excluding carboxylic acids is 1. The number of hydrogen-bond acceptors (Lipinski definition) is 7. The van der Waals surface area contributed by atoms with Crippen LogP contribution in [0.4, 0.5) is 11.4 Å². The number of piperazine rings is 1. The summed E-state index contributed by atoms with van der Waals surface area (Å²) in [5.74, 6) is -0.313. The molecule has 1 saturated heterocycles. The van der Waals surface area contributed by atoms with Crippen molar-refractivity contribution in [3.05, 3.63) is 28.3 Å². The van der Waals surface area contributed by atoms with Crippen LogP contribution in [-0.4, -0.2) is 62.6 Å². The summed E-state index contributed by atoms with van der Waals surface area (Å²) in [6.45, 7) is 5.29. The summed E-state index contributed by atoms with van der Waals surface area (Å²) in [6.07, 6.45) is 1.01. The fraction of sp³-hybridized carbons (Fsp3) is 0.562. The minimum Gasteiger partial charge on any atom is -0.362 e. The second-order valence-corrected chi connectivity index (χ2v) is 8.66. The minimum atomic E-state index is -3.53. The van der Waals surface area contributed by atoms with Gasteiger partial charge >= 0.3 is 0 Å². The molecular formula is C16H25ClN4O5S. The Morgan fingerprint density at radius 1 is 1.22 bits per heavy atom. The molecule has 1 amide bonds. The lowest BCUT2D eigenvalue weighted by molar-refractivity contribution is -0.384. The van der Waals surface area contributed by atoms with Crippen LogP contribution in [0.2, 0.25) is 0 Å². The van der Waals surface area contributed by atoms with E-state index in [9.17, 15) is 23.3 Å². The second kappa shape index (κ2) is 8.85. The molecule has 0 saturated carbocycles. The minimum absolute atomic E-state index is 0. The Morgan fingerprint density at radius 2 is 1.78 bits per heavy atom. The average Bonchev–Trinajstić information content (AvgIpc) is 2.59. The third-order valence-electron chi connectivity index (χ3n) is 4.68. The molecule has 0 radical (unpaired) electrons. The summed E-state index contributed by atoms with van der Waals surface area (Å²) < 4.78 is 23.3. The Labute approximate surface area is 165 Å². The number of anilines is 1. The van der Waals surface area contributed by atoms with Gasteiger partial charge in [0, 0.05) is 44.5 Å². The van der Waals surface area contributed by atoms with Gasteiger partial charge in [0.25, 0.3) is 5.69 Å². The molecule has 2 rings (SSSR count). The Bertz CT molecular complexity index is 807. The van der Waals surface area contributed by atoms with E-state index in [0.29, 0.717) is 31.9 Å². The Hall–Kier alpha value is -1.91. The van der Waals surface area contributed by atoms with E-state index in [2.05, 4.69) is 0 Å². The zero-order chi connectivity index (χ0) is 19.6. The molecule has 2 N–H and O–H groups in total. The molecular weight excluding hydrogens is 396 g/mol. The van der Waals surface area contributed by atoms with Crippen LogP contribution in [0.15, 0.2) is 23.1 Å². The number of nitrogens with two attached hydrogens (primary N) is 1. The SMILES string of the molecule is CC(N)C(C)C(=O)N1CCN(c2ccc(S(C)(=O)=O)cc2[N+](=O)[O-])CC1.Cl. The van der Waals surface area contributed by atoms with Gasteiger partial charge in [-0.1, -0.05) is 6.92 Å². The molecule has 1 aromatic carbocycles. The van der Waals surface area contributed by atoms with E-state index >= 15 is 0 Å². The van der Waals surface area contributed by atoms with E-state index in [1.165, 1.54) is 12.1 Å². The van der Waals surface area contributed by atoms with E-state index < -0.39 is 14.8 Å². The third-order valence-corrected chi connectivity index (χ3v) is 5.79. The van der Waals surface area contributed by atoms with Crippen molar-refractivity contribution in [2.45, 2.75) is 24.8 Å². The molecule has 11 heteroatoms. The average molecular weight is 421 g/mol. The largest absolute Gasteiger partial charge is 0.362 e. The van der Waals surface area contributed by atoms with Crippen molar-refractivity contribution in [1.82, 2.24) is 4.90 Å². The van der Waals surface area contributed by atoms with Crippen molar-refractivity contribution in [3.8, 4) is 0 Å². The summed E-state index contributed by atoms with van der Waals surface area (Å²) in [5, 5.41) is 11.4. The highest BCUT2D eigenvalue weighted by atomic mass is 35.5. The Kier molecular flexibility index (Phi) is 7.58. The van der Waals surface area contributed by atoms with E-state index in [1.54, 1.807) is 23.6 Å². The smallest absolute Gasteiger partial charge is 0.293 e. The lowest BCUT2D eigenvalue weighted by atomic mass is 10.0. The molecule has 2 unspecified atom stereocenters. The molecule has 0 aliphatic carbocycles. The molecule has 1 aromatic rings. The number of nitrogens with zero attached hydrogens (tertiary/aromatic N) is 3. The van der Waals surface area contributed by atoms with Crippen molar-refractivity contribution < 1.29 is 18.1 Å². The fourth-order valence-electron chi connectivity index (χ4n) is 2.83. The van der Waals surface area contributed by atoms with Gasteiger partial charge in [-0.3, -0.25) is 14.9 Å². The summed E-state index contributed by atoms with van der Waals surface area (Å²) in [5.41, 5.74) is 5.89. The number of carbonyl (C=O) groups is 1. The first-order chi connectivity index (χ1) is 12.0. The molecule has 1 heterocycles. The quantitative estimate of drug-likeness (QED) is 0.557. The first-order valence-electron chi connectivity index (χ1n) is 8.30. The normalized spacial score (nSPS) is 17.0. The van der Waals surface area contributed by atoms with Crippen molar-refractivity contribution in [2.75, 3.05) is 37.3 Å². The molecule has 1 aliphatic rings. The van der Waals surface area contributed by atoms with Crippen LogP contribution in [0.1, 0.15) is 13.8 Å². The van der Waals surface area contributed by atoms with E-state index in [1.807, 2.05) is 0 Å². The maximum Gasteiger partial charge on any atom is 0.293 e. The molecule has 0 spiro atoms. The maximum absolute atomic E-state index is 12.4. The molecule has 0 aromatic heterocycles. The molecule has 152 valence electrons. The third kappa shape index (κ3) is 5.30. The number of nitro benzene ring substituents is 1. The number of rotatable bonds is 5. The van der Waals surface area contributed by atoms with E-state index in [4.69, 9.17) is 5.73 Å². The van der Waals surface area contributed by atoms with Gasteiger partial charge in [0.15, 0.2) is 9.84 Å². The zero-order valence-corrected chi connectivity index (χ0v) is 17.1. The number of hydrogen-bond donors (Lipinski definition) is 1. The predicted octanol–water partition coefficient (Wildman–Crippen LogP) is 1.05. The predicted molar refractivity (Wildman–Crippen MR) is 105 cm³/mol. The highest BCUT2D eigenvalue weighted by Gasteiger charge is 2.29. The Morgan fingerprint density at radius 3 is 2.22 bits per heavy atom. The van der Waals surface area contributed by atoms with E-state index in [0.717, 1.165) is 12.3 Å². The van der Waals surface area contributed by atoms with Gasteiger partial charge in [-0.15, -0.1) is 12.4 Å². The highest BCUT2D eigenvalue weighted by Crippen LogP contribution is 2.31. The highest BCUT2D eigenvalue weighted by molar-refractivity contribution is 7.90. The van der Waals surface area contributed by atoms with Crippen LogP contribution in [0, 0.1) is 16.0 Å². The molecule has 1 fully saturated rings. The van der Waals surface area contributed by atoms with Gasteiger partial charge in [0.1, 0.15) is 5.69 Å². The van der Waals surface area contributed by atoms with Crippen LogP contribution in [0.25, 0.3) is 0 Å². The molecule has 2 atom stereocenters. The van der Waals surface area contributed by atoms with Crippen molar-refractivity contribution in [1.29, 1.82) is 0 Å². The van der Waals surface area contributed by atoms with Crippen LogP contribution in [0.3, 0.4) is 0 Å². The number of sulfone groups is 1. The van der Waals surface area contributed by atoms with Gasteiger partial charge in [0.05, 0.1) is 15.7 Å². The summed E-state index contributed by atoms with van der Waals surface area (Å²) >= 11 is 0. The number of halogens is 1.